The van der Waals surface area contributed by atoms with Crippen molar-refractivity contribution in [1.29, 1.82) is 0 Å². The van der Waals surface area contributed by atoms with Crippen LogP contribution in [0.3, 0.4) is 0 Å². The number of aliphatic hydroxyl groups is 1. The molecule has 0 heterocycles. The summed E-state index contributed by atoms with van der Waals surface area (Å²) in [6.45, 7) is 6.15. The Bertz CT molecular complexity index is 593. The van der Waals surface area contributed by atoms with Gasteiger partial charge >= 0.3 is 0 Å². The number of benzene rings is 2. The van der Waals surface area contributed by atoms with Crippen molar-refractivity contribution in [3.05, 3.63) is 66.7 Å². The van der Waals surface area contributed by atoms with Gasteiger partial charge in [0.1, 0.15) is 5.75 Å². The first-order chi connectivity index (χ1) is 10.8. The molecule has 0 fully saturated rings. The Labute approximate surface area is 132 Å². The minimum absolute atomic E-state index is 0.160. The molecule has 3 heteroatoms. The number of hydrogen-bond donors (Lipinski definition) is 1. The standard InChI is InChI=1S/C19H23NO2/c1-3-12-20(13-14-21)15-16-8-10-17(11-9-16)18-6-4-5-7-19(18)22-2/h3-11,21H,1,12-15H2,2H3. The summed E-state index contributed by atoms with van der Waals surface area (Å²) in [4.78, 5) is 2.16. The summed E-state index contributed by atoms with van der Waals surface area (Å²) in [6.07, 6.45) is 1.86. The lowest BCUT2D eigenvalue weighted by Gasteiger charge is -2.19. The van der Waals surface area contributed by atoms with Crippen molar-refractivity contribution in [2.24, 2.45) is 0 Å². The van der Waals surface area contributed by atoms with Gasteiger partial charge in [-0.2, -0.15) is 0 Å². The molecule has 0 unspecified atom stereocenters. The molecule has 0 aliphatic carbocycles. The number of methoxy groups -OCH3 is 1. The average molecular weight is 297 g/mol. The Kier molecular flexibility index (Phi) is 6.19. The van der Waals surface area contributed by atoms with Crippen LogP contribution in [0, 0.1) is 0 Å². The summed E-state index contributed by atoms with van der Waals surface area (Å²) in [5.41, 5.74) is 3.45. The van der Waals surface area contributed by atoms with Crippen molar-refractivity contribution in [3.8, 4) is 16.9 Å². The molecule has 1 N–H and O–H groups in total. The van der Waals surface area contributed by atoms with E-state index in [4.69, 9.17) is 9.84 Å². The van der Waals surface area contributed by atoms with Gasteiger partial charge in [0.05, 0.1) is 13.7 Å². The zero-order valence-electron chi connectivity index (χ0n) is 13.0. The van der Waals surface area contributed by atoms with E-state index in [9.17, 15) is 0 Å². The second-order valence-electron chi connectivity index (χ2n) is 5.14. The van der Waals surface area contributed by atoms with E-state index >= 15 is 0 Å². The molecule has 2 rings (SSSR count). The third kappa shape index (κ3) is 4.20. The van der Waals surface area contributed by atoms with Gasteiger partial charge in [-0.05, 0) is 17.2 Å². The largest absolute Gasteiger partial charge is 0.496 e. The van der Waals surface area contributed by atoms with Crippen LogP contribution in [0.5, 0.6) is 5.75 Å². The van der Waals surface area contributed by atoms with E-state index in [0.717, 1.165) is 30.0 Å². The highest BCUT2D eigenvalue weighted by molar-refractivity contribution is 5.70. The molecule has 0 spiro atoms. The fourth-order valence-corrected chi connectivity index (χ4v) is 2.49. The van der Waals surface area contributed by atoms with E-state index in [1.165, 1.54) is 5.56 Å². The molecule has 0 aromatic heterocycles. The van der Waals surface area contributed by atoms with Crippen molar-refractivity contribution in [3.63, 3.8) is 0 Å². The molecule has 22 heavy (non-hydrogen) atoms. The van der Waals surface area contributed by atoms with Crippen LogP contribution in [-0.4, -0.2) is 36.8 Å². The summed E-state index contributed by atoms with van der Waals surface area (Å²) in [6, 6.07) is 16.5. The summed E-state index contributed by atoms with van der Waals surface area (Å²) in [5, 5.41) is 9.10. The normalized spacial score (nSPS) is 10.7. The SMILES string of the molecule is C=CCN(CCO)Cc1ccc(-c2ccccc2OC)cc1. The van der Waals surface area contributed by atoms with Gasteiger partial charge in [0.2, 0.25) is 0 Å². The zero-order chi connectivity index (χ0) is 15.8. The molecule has 2 aromatic rings. The van der Waals surface area contributed by atoms with Crippen LogP contribution in [0.25, 0.3) is 11.1 Å². The van der Waals surface area contributed by atoms with Crippen molar-refractivity contribution < 1.29 is 9.84 Å². The maximum absolute atomic E-state index is 9.10. The molecule has 3 nitrogen and oxygen atoms in total. The fourth-order valence-electron chi connectivity index (χ4n) is 2.49. The first-order valence-electron chi connectivity index (χ1n) is 7.45. The molecular formula is C19H23NO2. The first-order valence-corrected chi connectivity index (χ1v) is 7.45. The van der Waals surface area contributed by atoms with Crippen molar-refractivity contribution >= 4 is 0 Å². The van der Waals surface area contributed by atoms with Crippen LogP contribution in [0.1, 0.15) is 5.56 Å². The fraction of sp³-hybridized carbons (Fsp3) is 0.263. The Morgan fingerprint density at radius 3 is 2.50 bits per heavy atom. The van der Waals surface area contributed by atoms with Crippen molar-refractivity contribution in [1.82, 2.24) is 4.90 Å². The van der Waals surface area contributed by atoms with E-state index in [1.807, 2.05) is 24.3 Å². The van der Waals surface area contributed by atoms with E-state index in [0.29, 0.717) is 6.54 Å². The van der Waals surface area contributed by atoms with Crippen LogP contribution >= 0.6 is 0 Å². The minimum Gasteiger partial charge on any atom is -0.496 e. The van der Waals surface area contributed by atoms with Gasteiger partial charge < -0.3 is 9.84 Å². The summed E-state index contributed by atoms with van der Waals surface area (Å²) in [7, 11) is 1.69. The van der Waals surface area contributed by atoms with Crippen molar-refractivity contribution in [2.45, 2.75) is 6.54 Å². The number of nitrogens with zero attached hydrogens (tertiary/aromatic N) is 1. The lowest BCUT2D eigenvalue weighted by atomic mass is 10.0. The summed E-state index contributed by atoms with van der Waals surface area (Å²) in [5.74, 6) is 0.879. The van der Waals surface area contributed by atoms with Crippen LogP contribution in [0.4, 0.5) is 0 Å². The Balaban J connectivity index is 2.14. The number of hydrogen-bond acceptors (Lipinski definition) is 3. The maximum atomic E-state index is 9.10. The summed E-state index contributed by atoms with van der Waals surface area (Å²) < 4.78 is 5.41. The Hall–Kier alpha value is -2.10. The van der Waals surface area contributed by atoms with Gasteiger partial charge in [0.25, 0.3) is 0 Å². The molecule has 0 amide bonds. The first kappa shape index (κ1) is 16.3. The van der Waals surface area contributed by atoms with Crippen LogP contribution < -0.4 is 4.74 Å². The number of rotatable bonds is 8. The number of aliphatic hydroxyl groups excluding tert-OH is 1. The van der Waals surface area contributed by atoms with E-state index in [2.05, 4.69) is 41.8 Å². The number of ether oxygens (including phenoxy) is 1. The highest BCUT2D eigenvalue weighted by Crippen LogP contribution is 2.29. The Morgan fingerprint density at radius 2 is 1.86 bits per heavy atom. The highest BCUT2D eigenvalue weighted by atomic mass is 16.5. The lowest BCUT2D eigenvalue weighted by Crippen LogP contribution is -2.26. The van der Waals surface area contributed by atoms with Crippen LogP contribution in [0.15, 0.2) is 61.2 Å². The Morgan fingerprint density at radius 1 is 1.14 bits per heavy atom. The van der Waals surface area contributed by atoms with E-state index < -0.39 is 0 Å². The average Bonchev–Trinajstić information content (AvgIpc) is 2.56. The van der Waals surface area contributed by atoms with Crippen LogP contribution in [-0.2, 0) is 6.54 Å². The third-order valence-corrected chi connectivity index (χ3v) is 3.58. The van der Waals surface area contributed by atoms with Gasteiger partial charge in [-0.25, -0.2) is 0 Å². The third-order valence-electron chi connectivity index (χ3n) is 3.58. The molecular weight excluding hydrogens is 274 g/mol. The van der Waals surface area contributed by atoms with E-state index in [-0.39, 0.29) is 6.61 Å². The molecule has 0 atom stereocenters. The molecule has 116 valence electrons. The molecule has 2 aromatic carbocycles. The van der Waals surface area contributed by atoms with Crippen LogP contribution in [0.2, 0.25) is 0 Å². The van der Waals surface area contributed by atoms with Gasteiger partial charge in [-0.15, -0.1) is 6.58 Å². The maximum Gasteiger partial charge on any atom is 0.126 e. The second-order valence-corrected chi connectivity index (χ2v) is 5.14. The zero-order valence-corrected chi connectivity index (χ0v) is 13.0. The van der Waals surface area contributed by atoms with Gasteiger partial charge in [0.15, 0.2) is 0 Å². The topological polar surface area (TPSA) is 32.7 Å². The molecule has 0 saturated carbocycles. The molecule has 0 aliphatic rings. The smallest absolute Gasteiger partial charge is 0.126 e. The molecule has 0 radical (unpaired) electrons. The molecule has 0 saturated heterocycles. The predicted molar refractivity (Wildman–Crippen MR) is 91.0 cm³/mol. The van der Waals surface area contributed by atoms with E-state index in [1.54, 1.807) is 7.11 Å². The molecule has 0 bridgehead atoms. The highest BCUT2D eigenvalue weighted by Gasteiger charge is 2.06. The quantitative estimate of drug-likeness (QED) is 0.759. The minimum atomic E-state index is 0.160. The van der Waals surface area contributed by atoms with Crippen molar-refractivity contribution in [2.75, 3.05) is 26.8 Å². The van der Waals surface area contributed by atoms with Gasteiger partial charge in [0, 0.05) is 25.2 Å². The van der Waals surface area contributed by atoms with Gasteiger partial charge in [-0.1, -0.05) is 48.5 Å². The summed E-state index contributed by atoms with van der Waals surface area (Å²) >= 11 is 0. The predicted octanol–water partition coefficient (Wildman–Crippen LogP) is 3.34. The monoisotopic (exact) mass is 297 g/mol. The lowest BCUT2D eigenvalue weighted by molar-refractivity contribution is 0.203. The van der Waals surface area contributed by atoms with Gasteiger partial charge in [-0.3, -0.25) is 4.90 Å². The second kappa shape index (κ2) is 8.37. The molecule has 0 aliphatic heterocycles. The number of para-hydroxylation sites is 1.